The highest BCUT2D eigenvalue weighted by atomic mass is 19.1. The third-order valence-corrected chi connectivity index (χ3v) is 3.58. The molecule has 0 amide bonds. The van der Waals surface area contributed by atoms with Crippen LogP contribution in [0.1, 0.15) is 23.0 Å². The number of rotatable bonds is 3. The number of halogens is 1. The molecule has 0 N–H and O–H groups in total. The summed E-state index contributed by atoms with van der Waals surface area (Å²) in [6.07, 6.45) is 1.50. The van der Waals surface area contributed by atoms with Gasteiger partial charge in [-0.15, -0.1) is 0 Å². The molecular formula is C18H14FNO. The third-order valence-electron chi connectivity index (χ3n) is 3.58. The van der Waals surface area contributed by atoms with E-state index < -0.39 is 0 Å². The van der Waals surface area contributed by atoms with Crippen molar-refractivity contribution in [3.8, 4) is 11.1 Å². The second-order valence-corrected chi connectivity index (χ2v) is 4.85. The van der Waals surface area contributed by atoms with Crippen LogP contribution in [-0.2, 0) is 6.42 Å². The minimum atomic E-state index is -0.365. The molecule has 3 heteroatoms. The number of benzene rings is 2. The van der Waals surface area contributed by atoms with Crippen LogP contribution in [0.25, 0.3) is 22.0 Å². The van der Waals surface area contributed by atoms with Crippen LogP contribution >= 0.6 is 0 Å². The fourth-order valence-corrected chi connectivity index (χ4v) is 2.62. The Morgan fingerprint density at radius 3 is 2.57 bits per heavy atom. The molecule has 3 aromatic rings. The fourth-order valence-electron chi connectivity index (χ4n) is 2.62. The molecule has 0 saturated heterocycles. The SMILES string of the molecule is CCc1nc2ccc(F)cc2c(C=O)c1-c1ccccc1. The number of aldehydes is 1. The number of nitrogens with zero attached hydrogens (tertiary/aromatic N) is 1. The number of aryl methyl sites for hydroxylation is 1. The molecule has 0 aliphatic rings. The van der Waals surface area contributed by atoms with E-state index in [1.165, 1.54) is 12.1 Å². The molecule has 2 aromatic carbocycles. The monoisotopic (exact) mass is 279 g/mol. The van der Waals surface area contributed by atoms with Gasteiger partial charge in [-0.2, -0.15) is 0 Å². The van der Waals surface area contributed by atoms with E-state index in [9.17, 15) is 9.18 Å². The molecule has 1 aromatic heterocycles. The molecule has 0 saturated carbocycles. The minimum Gasteiger partial charge on any atom is -0.298 e. The number of carbonyl (C=O) groups excluding carboxylic acids is 1. The summed E-state index contributed by atoms with van der Waals surface area (Å²) in [7, 11) is 0. The first kappa shape index (κ1) is 13.4. The van der Waals surface area contributed by atoms with Crippen molar-refractivity contribution in [1.29, 1.82) is 0 Å². The van der Waals surface area contributed by atoms with Gasteiger partial charge < -0.3 is 0 Å². The number of hydrogen-bond donors (Lipinski definition) is 0. The maximum Gasteiger partial charge on any atom is 0.151 e. The van der Waals surface area contributed by atoms with Gasteiger partial charge in [0.15, 0.2) is 6.29 Å². The maximum absolute atomic E-state index is 13.5. The van der Waals surface area contributed by atoms with E-state index in [0.717, 1.165) is 23.1 Å². The van der Waals surface area contributed by atoms with Gasteiger partial charge in [0, 0.05) is 22.2 Å². The van der Waals surface area contributed by atoms with Gasteiger partial charge >= 0.3 is 0 Å². The Labute approximate surface area is 122 Å². The van der Waals surface area contributed by atoms with Crippen molar-refractivity contribution in [3.05, 3.63) is 65.6 Å². The van der Waals surface area contributed by atoms with Crippen molar-refractivity contribution in [2.24, 2.45) is 0 Å². The highest BCUT2D eigenvalue weighted by molar-refractivity contribution is 6.03. The Morgan fingerprint density at radius 1 is 1.14 bits per heavy atom. The molecule has 21 heavy (non-hydrogen) atoms. The first-order valence-corrected chi connectivity index (χ1v) is 6.87. The van der Waals surface area contributed by atoms with E-state index in [2.05, 4.69) is 4.98 Å². The van der Waals surface area contributed by atoms with E-state index in [-0.39, 0.29) is 5.82 Å². The topological polar surface area (TPSA) is 30.0 Å². The highest BCUT2D eigenvalue weighted by Gasteiger charge is 2.15. The predicted molar refractivity (Wildman–Crippen MR) is 81.9 cm³/mol. The third kappa shape index (κ3) is 2.31. The van der Waals surface area contributed by atoms with Gasteiger partial charge in [-0.05, 0) is 30.2 Å². The predicted octanol–water partition coefficient (Wildman–Crippen LogP) is 4.42. The second-order valence-electron chi connectivity index (χ2n) is 4.85. The summed E-state index contributed by atoms with van der Waals surface area (Å²) in [6, 6.07) is 14.0. The van der Waals surface area contributed by atoms with Crippen molar-refractivity contribution >= 4 is 17.2 Å². The van der Waals surface area contributed by atoms with Gasteiger partial charge in [0.2, 0.25) is 0 Å². The Hall–Kier alpha value is -2.55. The van der Waals surface area contributed by atoms with Crippen LogP contribution in [0.5, 0.6) is 0 Å². The van der Waals surface area contributed by atoms with E-state index >= 15 is 0 Å². The molecule has 0 aliphatic heterocycles. The smallest absolute Gasteiger partial charge is 0.151 e. The normalized spacial score (nSPS) is 10.8. The van der Waals surface area contributed by atoms with Gasteiger partial charge in [0.25, 0.3) is 0 Å². The summed E-state index contributed by atoms with van der Waals surface area (Å²) < 4.78 is 13.5. The van der Waals surface area contributed by atoms with Crippen LogP contribution in [0, 0.1) is 5.82 Å². The Bertz CT molecular complexity index is 812. The quantitative estimate of drug-likeness (QED) is 0.664. The van der Waals surface area contributed by atoms with E-state index in [4.69, 9.17) is 0 Å². The summed E-state index contributed by atoms with van der Waals surface area (Å²) in [5.41, 5.74) is 3.72. The lowest BCUT2D eigenvalue weighted by molar-refractivity contribution is 0.112. The van der Waals surface area contributed by atoms with Gasteiger partial charge in [-0.25, -0.2) is 4.39 Å². The van der Waals surface area contributed by atoms with Crippen LogP contribution in [0.2, 0.25) is 0 Å². The molecule has 3 rings (SSSR count). The zero-order valence-corrected chi connectivity index (χ0v) is 11.6. The van der Waals surface area contributed by atoms with Crippen LogP contribution in [0.4, 0.5) is 4.39 Å². The molecule has 0 radical (unpaired) electrons. The van der Waals surface area contributed by atoms with Crippen molar-refractivity contribution in [3.63, 3.8) is 0 Å². The first-order chi connectivity index (χ1) is 10.2. The van der Waals surface area contributed by atoms with Crippen molar-refractivity contribution < 1.29 is 9.18 Å². The summed E-state index contributed by atoms with van der Waals surface area (Å²) in [5.74, 6) is -0.365. The number of carbonyl (C=O) groups is 1. The Balaban J connectivity index is 2.44. The van der Waals surface area contributed by atoms with Gasteiger partial charge in [0.1, 0.15) is 5.82 Å². The molecular weight excluding hydrogens is 265 g/mol. The second kappa shape index (κ2) is 5.44. The number of hydrogen-bond acceptors (Lipinski definition) is 2. The molecule has 104 valence electrons. The van der Waals surface area contributed by atoms with Gasteiger partial charge in [-0.1, -0.05) is 37.3 Å². The van der Waals surface area contributed by atoms with E-state index in [1.807, 2.05) is 37.3 Å². The Morgan fingerprint density at radius 2 is 1.90 bits per heavy atom. The summed E-state index contributed by atoms with van der Waals surface area (Å²) in [6.45, 7) is 2.00. The van der Waals surface area contributed by atoms with Crippen LogP contribution in [0.15, 0.2) is 48.5 Å². The maximum atomic E-state index is 13.5. The van der Waals surface area contributed by atoms with Crippen LogP contribution in [0.3, 0.4) is 0 Å². The summed E-state index contributed by atoms with van der Waals surface area (Å²) in [5, 5.41) is 0.557. The first-order valence-electron chi connectivity index (χ1n) is 6.87. The molecule has 0 bridgehead atoms. The molecule has 0 fully saturated rings. The van der Waals surface area contributed by atoms with Crippen molar-refractivity contribution in [1.82, 2.24) is 4.98 Å². The number of aromatic nitrogens is 1. The van der Waals surface area contributed by atoms with Crippen molar-refractivity contribution in [2.45, 2.75) is 13.3 Å². The highest BCUT2D eigenvalue weighted by Crippen LogP contribution is 2.31. The number of fused-ring (bicyclic) bond motifs is 1. The molecule has 1 heterocycles. The summed E-state index contributed by atoms with van der Waals surface area (Å²) in [4.78, 5) is 16.2. The van der Waals surface area contributed by atoms with Gasteiger partial charge in [-0.3, -0.25) is 9.78 Å². The lowest BCUT2D eigenvalue weighted by atomic mass is 9.94. The average molecular weight is 279 g/mol. The minimum absolute atomic E-state index is 0.365. The zero-order valence-electron chi connectivity index (χ0n) is 11.6. The lowest BCUT2D eigenvalue weighted by Gasteiger charge is -2.13. The molecule has 2 nitrogen and oxygen atoms in total. The molecule has 0 aliphatic carbocycles. The summed E-state index contributed by atoms with van der Waals surface area (Å²) >= 11 is 0. The fraction of sp³-hybridized carbons (Fsp3) is 0.111. The Kier molecular flexibility index (Phi) is 3.48. The molecule has 0 spiro atoms. The molecule has 0 unspecified atom stereocenters. The zero-order chi connectivity index (χ0) is 14.8. The largest absolute Gasteiger partial charge is 0.298 e. The lowest BCUT2D eigenvalue weighted by Crippen LogP contribution is -2.00. The molecule has 0 atom stereocenters. The van der Waals surface area contributed by atoms with E-state index in [1.54, 1.807) is 6.07 Å². The number of pyridine rings is 1. The van der Waals surface area contributed by atoms with Crippen LogP contribution < -0.4 is 0 Å². The standard InChI is InChI=1S/C18H14FNO/c1-2-16-18(12-6-4-3-5-7-12)15(11-21)14-10-13(19)8-9-17(14)20-16/h3-11H,2H2,1H3. The van der Waals surface area contributed by atoms with E-state index in [0.29, 0.717) is 22.9 Å². The van der Waals surface area contributed by atoms with Gasteiger partial charge in [0.05, 0.1) is 5.52 Å². The van der Waals surface area contributed by atoms with Crippen molar-refractivity contribution in [2.75, 3.05) is 0 Å². The van der Waals surface area contributed by atoms with Crippen LogP contribution in [-0.4, -0.2) is 11.3 Å². The average Bonchev–Trinajstić information content (AvgIpc) is 2.53.